The number of rotatable bonds is 3. The molecule has 1 N–H and O–H groups in total. The van der Waals surface area contributed by atoms with Crippen LogP contribution >= 0.6 is 22.9 Å². The Hall–Kier alpha value is -0.910. The first-order valence-electron chi connectivity index (χ1n) is 4.43. The second-order valence-electron chi connectivity index (χ2n) is 3.24. The number of nitrogens with zero attached hydrogens (tertiary/aromatic N) is 3. The normalized spacial score (nSPS) is 13.0. The van der Waals surface area contributed by atoms with E-state index in [-0.39, 0.29) is 0 Å². The lowest BCUT2D eigenvalue weighted by molar-refractivity contribution is 0.181. The average Bonchev–Trinajstić information content (AvgIpc) is 2.75. The highest BCUT2D eigenvalue weighted by Gasteiger charge is 2.15. The molecule has 6 heteroatoms. The largest absolute Gasteiger partial charge is 0.387 e. The predicted molar refractivity (Wildman–Crippen MR) is 59.0 cm³/mol. The minimum atomic E-state index is -0.603. The predicted octanol–water partition coefficient (Wildman–Crippen LogP) is 1.81. The van der Waals surface area contributed by atoms with Crippen molar-refractivity contribution in [2.45, 2.75) is 12.5 Å². The zero-order valence-electron chi connectivity index (χ0n) is 8.09. The Balaban J connectivity index is 2.10. The van der Waals surface area contributed by atoms with Crippen LogP contribution in [0.3, 0.4) is 0 Å². The van der Waals surface area contributed by atoms with Crippen LogP contribution in [0.25, 0.3) is 0 Å². The third-order valence-electron chi connectivity index (χ3n) is 2.00. The second-order valence-corrected chi connectivity index (χ2v) is 4.59. The zero-order valence-corrected chi connectivity index (χ0v) is 9.66. The van der Waals surface area contributed by atoms with E-state index in [0.29, 0.717) is 11.4 Å². The average molecular weight is 244 g/mol. The molecule has 2 aromatic heterocycles. The number of hydrogen-bond donors (Lipinski definition) is 1. The quantitative estimate of drug-likeness (QED) is 0.895. The molecule has 2 aromatic rings. The van der Waals surface area contributed by atoms with Crippen LogP contribution < -0.4 is 0 Å². The molecule has 0 aliphatic carbocycles. The standard InChI is InChI=1S/C9H10ClN3OS/c1-13-5-6(11-12-13)4-8(14)9-7(10)2-3-15-9/h2-3,5,8,14H,4H2,1H3. The molecule has 0 saturated carbocycles. The molecule has 1 unspecified atom stereocenters. The monoisotopic (exact) mass is 243 g/mol. The molecule has 0 fully saturated rings. The minimum Gasteiger partial charge on any atom is -0.387 e. The highest BCUT2D eigenvalue weighted by atomic mass is 35.5. The van der Waals surface area contributed by atoms with E-state index >= 15 is 0 Å². The smallest absolute Gasteiger partial charge is 0.0953 e. The van der Waals surface area contributed by atoms with Crippen molar-refractivity contribution in [3.63, 3.8) is 0 Å². The first-order valence-corrected chi connectivity index (χ1v) is 5.68. The van der Waals surface area contributed by atoms with Gasteiger partial charge in [0.05, 0.1) is 21.7 Å². The fraction of sp³-hybridized carbons (Fsp3) is 0.333. The highest BCUT2D eigenvalue weighted by Crippen LogP contribution is 2.30. The topological polar surface area (TPSA) is 50.9 Å². The molecule has 0 bridgehead atoms. The summed E-state index contributed by atoms with van der Waals surface area (Å²) in [5.41, 5.74) is 0.759. The third kappa shape index (κ3) is 2.37. The van der Waals surface area contributed by atoms with Crippen molar-refractivity contribution >= 4 is 22.9 Å². The maximum Gasteiger partial charge on any atom is 0.0953 e. The maximum absolute atomic E-state index is 9.90. The molecule has 1 atom stereocenters. The lowest BCUT2D eigenvalue weighted by atomic mass is 10.2. The summed E-state index contributed by atoms with van der Waals surface area (Å²) in [5, 5.41) is 20.1. The summed E-state index contributed by atoms with van der Waals surface area (Å²) < 4.78 is 1.61. The van der Waals surface area contributed by atoms with E-state index in [9.17, 15) is 5.11 Å². The van der Waals surface area contributed by atoms with Crippen molar-refractivity contribution in [1.82, 2.24) is 15.0 Å². The summed E-state index contributed by atoms with van der Waals surface area (Å²) in [6.07, 6.45) is 1.62. The van der Waals surface area contributed by atoms with Crippen LogP contribution in [0.1, 0.15) is 16.7 Å². The molecule has 0 radical (unpaired) electrons. The molecule has 2 heterocycles. The van der Waals surface area contributed by atoms with Gasteiger partial charge in [-0.15, -0.1) is 16.4 Å². The molecule has 0 amide bonds. The van der Waals surface area contributed by atoms with Crippen LogP contribution in [-0.4, -0.2) is 20.1 Å². The Morgan fingerprint density at radius 3 is 3.00 bits per heavy atom. The molecule has 0 saturated heterocycles. The third-order valence-corrected chi connectivity index (χ3v) is 3.46. The molecule has 0 aliphatic rings. The SMILES string of the molecule is Cn1cc(CC(O)c2sccc2Cl)nn1. The van der Waals surface area contributed by atoms with Crippen LogP contribution in [0.5, 0.6) is 0 Å². The van der Waals surface area contributed by atoms with Crippen LogP contribution in [0.2, 0.25) is 5.02 Å². The Kier molecular flexibility index (Phi) is 3.04. The van der Waals surface area contributed by atoms with Gasteiger partial charge in [-0.25, -0.2) is 0 Å². The molecule has 0 aliphatic heterocycles. The highest BCUT2D eigenvalue weighted by molar-refractivity contribution is 7.10. The van der Waals surface area contributed by atoms with Gasteiger partial charge in [-0.1, -0.05) is 16.8 Å². The number of aromatic nitrogens is 3. The number of aryl methyl sites for hydroxylation is 1. The summed E-state index contributed by atoms with van der Waals surface area (Å²) in [4.78, 5) is 0.780. The van der Waals surface area contributed by atoms with Gasteiger partial charge in [0, 0.05) is 19.7 Å². The van der Waals surface area contributed by atoms with Gasteiger partial charge in [0.15, 0.2) is 0 Å². The lowest BCUT2D eigenvalue weighted by Crippen LogP contribution is -2.00. The molecule has 4 nitrogen and oxygen atoms in total. The van der Waals surface area contributed by atoms with Gasteiger partial charge in [-0.2, -0.15) is 0 Å². The lowest BCUT2D eigenvalue weighted by Gasteiger charge is -2.06. The van der Waals surface area contributed by atoms with Crippen molar-refractivity contribution in [3.05, 3.63) is 33.2 Å². The van der Waals surface area contributed by atoms with Crippen molar-refractivity contribution in [1.29, 1.82) is 0 Å². The zero-order chi connectivity index (χ0) is 10.8. The van der Waals surface area contributed by atoms with Gasteiger partial charge in [-0.3, -0.25) is 4.68 Å². The van der Waals surface area contributed by atoms with Crippen LogP contribution in [0.4, 0.5) is 0 Å². The van der Waals surface area contributed by atoms with E-state index < -0.39 is 6.10 Å². The van der Waals surface area contributed by atoms with E-state index in [1.54, 1.807) is 24.0 Å². The van der Waals surface area contributed by atoms with Crippen molar-refractivity contribution in [2.75, 3.05) is 0 Å². The summed E-state index contributed by atoms with van der Waals surface area (Å²) >= 11 is 7.36. The van der Waals surface area contributed by atoms with Gasteiger partial charge in [0.2, 0.25) is 0 Å². The first-order chi connectivity index (χ1) is 7.16. The Morgan fingerprint density at radius 1 is 1.67 bits per heavy atom. The van der Waals surface area contributed by atoms with E-state index in [2.05, 4.69) is 10.3 Å². The van der Waals surface area contributed by atoms with Crippen LogP contribution in [0, 0.1) is 0 Å². The van der Waals surface area contributed by atoms with E-state index in [4.69, 9.17) is 11.6 Å². The number of aliphatic hydroxyl groups is 1. The molecular weight excluding hydrogens is 234 g/mol. The molecule has 2 rings (SSSR count). The van der Waals surface area contributed by atoms with E-state index in [1.165, 1.54) is 11.3 Å². The summed E-state index contributed by atoms with van der Waals surface area (Å²) in [6, 6.07) is 1.78. The van der Waals surface area contributed by atoms with Gasteiger partial charge >= 0.3 is 0 Å². The maximum atomic E-state index is 9.90. The Labute approximate surface area is 96.1 Å². The minimum absolute atomic E-state index is 0.439. The molecule has 0 spiro atoms. The van der Waals surface area contributed by atoms with Gasteiger partial charge in [-0.05, 0) is 11.4 Å². The summed E-state index contributed by atoms with van der Waals surface area (Å²) in [5.74, 6) is 0. The van der Waals surface area contributed by atoms with Gasteiger partial charge < -0.3 is 5.11 Å². The fourth-order valence-electron chi connectivity index (χ4n) is 1.32. The molecule has 0 aromatic carbocycles. The van der Waals surface area contributed by atoms with Gasteiger partial charge in [0.25, 0.3) is 0 Å². The van der Waals surface area contributed by atoms with Crippen molar-refractivity contribution in [2.24, 2.45) is 7.05 Å². The number of halogens is 1. The Bertz CT molecular complexity index is 454. The van der Waals surface area contributed by atoms with Crippen LogP contribution in [-0.2, 0) is 13.5 Å². The van der Waals surface area contributed by atoms with Gasteiger partial charge in [0.1, 0.15) is 0 Å². The molecular formula is C9H10ClN3OS. The first kappa shape index (κ1) is 10.6. The number of aliphatic hydroxyl groups excluding tert-OH is 1. The summed E-state index contributed by atoms with van der Waals surface area (Å²) in [7, 11) is 1.79. The van der Waals surface area contributed by atoms with Crippen molar-refractivity contribution < 1.29 is 5.11 Å². The number of thiophene rings is 1. The summed E-state index contributed by atoms with van der Waals surface area (Å²) in [6.45, 7) is 0. The number of hydrogen-bond acceptors (Lipinski definition) is 4. The van der Waals surface area contributed by atoms with Crippen LogP contribution in [0.15, 0.2) is 17.6 Å². The molecule has 80 valence electrons. The fourth-order valence-corrected chi connectivity index (χ4v) is 2.49. The Morgan fingerprint density at radius 2 is 2.47 bits per heavy atom. The molecule has 15 heavy (non-hydrogen) atoms. The van der Waals surface area contributed by atoms with E-state index in [0.717, 1.165) is 10.6 Å². The van der Waals surface area contributed by atoms with E-state index in [1.807, 2.05) is 5.38 Å². The van der Waals surface area contributed by atoms with Crippen molar-refractivity contribution in [3.8, 4) is 0 Å². The second kappa shape index (κ2) is 4.30.